The molecule has 0 aliphatic heterocycles. The molecule has 0 N–H and O–H groups in total. The fraction of sp³-hybridized carbons (Fsp3) is 0.333. The Morgan fingerprint density at radius 2 is 1.04 bits per heavy atom. The summed E-state index contributed by atoms with van der Waals surface area (Å²) in [5.74, 6) is 0.863. The van der Waals surface area contributed by atoms with Crippen LogP contribution in [-0.4, -0.2) is 11.6 Å². The molecule has 0 aromatic heterocycles. The molecule has 2 saturated carbocycles. The second-order valence-electron chi connectivity index (χ2n) is 6.77. The number of benzene rings is 2. The summed E-state index contributed by atoms with van der Waals surface area (Å²) in [5.41, 5.74) is 1.49. The molecule has 116 valence electrons. The topological polar surface area (TPSA) is 34.1 Å². The number of rotatable bonds is 4. The molecule has 2 heteroatoms. The van der Waals surface area contributed by atoms with Gasteiger partial charge in [0.15, 0.2) is 11.6 Å². The Labute approximate surface area is 136 Å². The fourth-order valence-corrected chi connectivity index (χ4v) is 4.60. The SMILES string of the molecule is O=C(c1ccccc1)[C@@H]1[C@@H]2CCC[C@@H]2[C@H]1C(=O)c1ccccc1. The number of hydrogen-bond donors (Lipinski definition) is 0. The molecular weight excluding hydrogens is 284 g/mol. The van der Waals surface area contributed by atoms with Crippen molar-refractivity contribution < 1.29 is 9.59 Å². The number of Topliss-reactive ketones (excluding diaryl/α,β-unsaturated/α-hetero) is 2. The molecule has 4 atom stereocenters. The van der Waals surface area contributed by atoms with E-state index in [-0.39, 0.29) is 23.4 Å². The number of fused-ring (bicyclic) bond motifs is 1. The summed E-state index contributed by atoms with van der Waals surface area (Å²) < 4.78 is 0. The lowest BCUT2D eigenvalue weighted by Gasteiger charge is -2.47. The van der Waals surface area contributed by atoms with Crippen molar-refractivity contribution >= 4 is 11.6 Å². The Hall–Kier alpha value is -2.22. The van der Waals surface area contributed by atoms with E-state index in [1.165, 1.54) is 0 Å². The lowest BCUT2D eigenvalue weighted by atomic mass is 9.54. The number of carbonyl (C=O) groups is 2. The average molecular weight is 304 g/mol. The van der Waals surface area contributed by atoms with Gasteiger partial charge in [-0.05, 0) is 24.7 Å². The summed E-state index contributed by atoms with van der Waals surface area (Å²) in [6, 6.07) is 18.9. The third-order valence-corrected chi connectivity index (χ3v) is 5.66. The smallest absolute Gasteiger partial charge is 0.166 e. The first-order valence-electron chi connectivity index (χ1n) is 8.46. The molecule has 2 fully saturated rings. The van der Waals surface area contributed by atoms with Crippen molar-refractivity contribution in [2.24, 2.45) is 23.7 Å². The molecule has 0 radical (unpaired) electrons. The van der Waals surface area contributed by atoms with Crippen LogP contribution >= 0.6 is 0 Å². The van der Waals surface area contributed by atoms with E-state index in [4.69, 9.17) is 0 Å². The number of carbonyl (C=O) groups excluding carboxylic acids is 2. The Kier molecular flexibility index (Phi) is 3.60. The van der Waals surface area contributed by atoms with Gasteiger partial charge >= 0.3 is 0 Å². The standard InChI is InChI=1S/C21H20O2/c22-20(14-8-3-1-4-9-14)18-16-12-7-13-17(16)19(18)21(23)15-10-5-2-6-11-15/h1-6,8-11,16-19H,7,12-13H2/t16-,17+,18-,19-/m1/s1. The van der Waals surface area contributed by atoms with Gasteiger partial charge in [0.25, 0.3) is 0 Å². The maximum Gasteiger partial charge on any atom is 0.166 e. The minimum atomic E-state index is -0.127. The summed E-state index contributed by atoms with van der Waals surface area (Å²) in [6.45, 7) is 0. The maximum atomic E-state index is 13.0. The quantitative estimate of drug-likeness (QED) is 0.784. The Balaban J connectivity index is 1.65. The van der Waals surface area contributed by atoms with Crippen molar-refractivity contribution in [3.63, 3.8) is 0 Å². The Bertz CT molecular complexity index is 657. The molecule has 4 rings (SSSR count). The zero-order valence-corrected chi connectivity index (χ0v) is 13.0. The van der Waals surface area contributed by atoms with Crippen LogP contribution in [0.4, 0.5) is 0 Å². The fourth-order valence-electron chi connectivity index (χ4n) is 4.60. The predicted octanol–water partition coefficient (Wildman–Crippen LogP) is 4.41. The van der Waals surface area contributed by atoms with E-state index in [0.29, 0.717) is 11.8 Å². The van der Waals surface area contributed by atoms with Crippen LogP contribution in [0.2, 0.25) is 0 Å². The van der Waals surface area contributed by atoms with Gasteiger partial charge in [-0.3, -0.25) is 9.59 Å². The summed E-state index contributed by atoms with van der Waals surface area (Å²) >= 11 is 0. The zero-order chi connectivity index (χ0) is 15.8. The molecule has 2 aliphatic carbocycles. The first kappa shape index (κ1) is 14.4. The van der Waals surface area contributed by atoms with E-state index in [1.807, 2.05) is 60.7 Å². The van der Waals surface area contributed by atoms with Gasteiger partial charge in [-0.1, -0.05) is 67.1 Å². The predicted molar refractivity (Wildman–Crippen MR) is 89.4 cm³/mol. The van der Waals surface area contributed by atoms with E-state index in [2.05, 4.69) is 0 Å². The molecule has 2 aromatic carbocycles. The van der Waals surface area contributed by atoms with Gasteiger partial charge in [0.2, 0.25) is 0 Å². The summed E-state index contributed by atoms with van der Waals surface area (Å²) in [4.78, 5) is 25.9. The van der Waals surface area contributed by atoms with Gasteiger partial charge < -0.3 is 0 Å². The van der Waals surface area contributed by atoms with Crippen LogP contribution < -0.4 is 0 Å². The minimum absolute atomic E-state index is 0.127. The van der Waals surface area contributed by atoms with Crippen molar-refractivity contribution in [3.05, 3.63) is 71.8 Å². The van der Waals surface area contributed by atoms with Gasteiger partial charge in [-0.2, -0.15) is 0 Å². The molecule has 0 saturated heterocycles. The number of hydrogen-bond acceptors (Lipinski definition) is 2. The van der Waals surface area contributed by atoms with Crippen LogP contribution in [0.1, 0.15) is 40.0 Å². The van der Waals surface area contributed by atoms with Gasteiger partial charge in [-0.25, -0.2) is 0 Å². The van der Waals surface area contributed by atoms with Crippen LogP contribution in [0.15, 0.2) is 60.7 Å². The van der Waals surface area contributed by atoms with Crippen LogP contribution in [0.3, 0.4) is 0 Å². The second kappa shape index (κ2) is 5.77. The van der Waals surface area contributed by atoms with E-state index in [1.54, 1.807) is 0 Å². The van der Waals surface area contributed by atoms with Crippen molar-refractivity contribution in [2.45, 2.75) is 19.3 Å². The molecule has 2 aliphatic rings. The summed E-state index contributed by atoms with van der Waals surface area (Å²) in [5, 5.41) is 0. The van der Waals surface area contributed by atoms with Gasteiger partial charge in [0.05, 0.1) is 0 Å². The molecule has 2 nitrogen and oxygen atoms in total. The lowest BCUT2D eigenvalue weighted by Crippen LogP contribution is -2.51. The van der Waals surface area contributed by atoms with Gasteiger partial charge in [0, 0.05) is 23.0 Å². The third kappa shape index (κ3) is 2.33. The molecule has 0 bridgehead atoms. The van der Waals surface area contributed by atoms with Crippen molar-refractivity contribution in [3.8, 4) is 0 Å². The van der Waals surface area contributed by atoms with Crippen LogP contribution in [-0.2, 0) is 0 Å². The largest absolute Gasteiger partial charge is 0.294 e. The summed E-state index contributed by atoms with van der Waals surface area (Å²) in [7, 11) is 0. The molecule has 0 spiro atoms. The van der Waals surface area contributed by atoms with Crippen molar-refractivity contribution in [2.75, 3.05) is 0 Å². The lowest BCUT2D eigenvalue weighted by molar-refractivity contribution is 0.0130. The van der Waals surface area contributed by atoms with Gasteiger partial charge in [-0.15, -0.1) is 0 Å². The highest BCUT2D eigenvalue weighted by Gasteiger charge is 2.58. The molecule has 0 amide bonds. The van der Waals surface area contributed by atoms with E-state index in [0.717, 1.165) is 30.4 Å². The van der Waals surface area contributed by atoms with Crippen LogP contribution in [0.5, 0.6) is 0 Å². The molecule has 0 heterocycles. The monoisotopic (exact) mass is 304 g/mol. The first-order valence-corrected chi connectivity index (χ1v) is 8.46. The summed E-state index contributed by atoms with van der Waals surface area (Å²) in [6.07, 6.45) is 3.32. The molecule has 2 aromatic rings. The van der Waals surface area contributed by atoms with Crippen LogP contribution in [0, 0.1) is 23.7 Å². The first-order chi connectivity index (χ1) is 11.3. The number of ketones is 2. The van der Waals surface area contributed by atoms with E-state index < -0.39 is 0 Å². The molecule has 23 heavy (non-hydrogen) atoms. The maximum absolute atomic E-state index is 13.0. The van der Waals surface area contributed by atoms with E-state index >= 15 is 0 Å². The highest BCUT2D eigenvalue weighted by Crippen LogP contribution is 2.57. The minimum Gasteiger partial charge on any atom is -0.294 e. The molecule has 0 unspecified atom stereocenters. The molecular formula is C21H20O2. The highest BCUT2D eigenvalue weighted by atomic mass is 16.1. The second-order valence-corrected chi connectivity index (χ2v) is 6.77. The van der Waals surface area contributed by atoms with Crippen molar-refractivity contribution in [1.29, 1.82) is 0 Å². The van der Waals surface area contributed by atoms with E-state index in [9.17, 15) is 9.59 Å². The average Bonchev–Trinajstić information content (AvgIpc) is 3.00. The van der Waals surface area contributed by atoms with Gasteiger partial charge in [0.1, 0.15) is 0 Å². The Morgan fingerprint density at radius 1 is 0.652 bits per heavy atom. The highest BCUT2D eigenvalue weighted by molar-refractivity contribution is 6.06. The zero-order valence-electron chi connectivity index (χ0n) is 13.0. The van der Waals surface area contributed by atoms with Crippen molar-refractivity contribution in [1.82, 2.24) is 0 Å². The third-order valence-electron chi connectivity index (χ3n) is 5.66. The Morgan fingerprint density at radius 3 is 1.43 bits per heavy atom. The van der Waals surface area contributed by atoms with Crippen LogP contribution in [0.25, 0.3) is 0 Å². The normalized spacial score (nSPS) is 28.7.